The zero-order valence-electron chi connectivity index (χ0n) is 42.1. The number of amides is 8. The molecule has 0 unspecified atom stereocenters. The topological polar surface area (TPSA) is 387 Å². The Morgan fingerprint density at radius 1 is 0.586 bits per heavy atom. The number of aliphatic carboxylic acids is 1. The number of nitrogens with zero attached hydrogens (tertiary/aromatic N) is 1. The lowest BCUT2D eigenvalue weighted by atomic mass is 9.95. The van der Waals surface area contributed by atoms with Crippen LogP contribution in [-0.4, -0.2) is 133 Å². The van der Waals surface area contributed by atoms with Crippen LogP contribution in [0.3, 0.4) is 0 Å². The lowest BCUT2D eigenvalue weighted by Crippen LogP contribution is -2.61. The van der Waals surface area contributed by atoms with Gasteiger partial charge in [-0.05, 0) is 74.3 Å². The van der Waals surface area contributed by atoms with Gasteiger partial charge in [-0.3, -0.25) is 43.3 Å². The molecule has 8 atom stereocenters. The summed E-state index contributed by atoms with van der Waals surface area (Å²) in [5.74, 6) is -8.48. The number of carbonyl (C=O) groups excluding carboxylic acids is 8. The maximum atomic E-state index is 14.2. The number of hydrogen-bond donors (Lipinski definition) is 13. The molecule has 394 valence electrons. The molecule has 0 aromatic heterocycles. The number of hydrogen-bond acceptors (Lipinski definition) is 12. The first-order valence-electron chi connectivity index (χ1n) is 24.1. The fourth-order valence-corrected chi connectivity index (χ4v) is 7.12. The van der Waals surface area contributed by atoms with Crippen LogP contribution in [0.15, 0.2) is 35.3 Å². The van der Waals surface area contributed by atoms with E-state index in [-0.39, 0.29) is 63.6 Å². The zero-order chi connectivity index (χ0) is 53.1. The largest absolute Gasteiger partial charge is 0.480 e. The second-order valence-electron chi connectivity index (χ2n) is 18.5. The van der Waals surface area contributed by atoms with Crippen molar-refractivity contribution in [2.24, 2.45) is 51.6 Å². The molecule has 0 aliphatic carbocycles. The normalized spacial score (nSPS) is 14.6. The minimum absolute atomic E-state index is 0.00430. The number of unbranched alkanes of at least 4 members (excludes halogenated alkanes) is 1. The number of carbonyl (C=O) groups is 9. The molecule has 0 radical (unpaired) electrons. The molecule has 17 N–H and O–H groups in total. The molecule has 23 nitrogen and oxygen atoms in total. The molecule has 0 saturated heterocycles. The fraction of sp³-hybridized carbons (Fsp3) is 0.660. The first-order chi connectivity index (χ1) is 32.9. The SMILES string of the molecule is CC[C@H](C)[C@H](NC(=O)[C@@H](CCCN=C(N)N)NC(=O)[C@H](CCCCN)NC(=O)CNC(=O)[C@H](NC(=O)[C@@H](CC(C)C)NC(=O)CN)C(C)C)C(=O)N[C@H](C(=O)N[C@@H](Cc1ccccc1)C(=O)O)C(C)C. The van der Waals surface area contributed by atoms with E-state index in [1.165, 1.54) is 0 Å². The van der Waals surface area contributed by atoms with Gasteiger partial charge in [0, 0.05) is 13.0 Å². The summed E-state index contributed by atoms with van der Waals surface area (Å²) >= 11 is 0. The van der Waals surface area contributed by atoms with Gasteiger partial charge in [0.1, 0.15) is 42.3 Å². The summed E-state index contributed by atoms with van der Waals surface area (Å²) in [6, 6.07) is 0.439. The summed E-state index contributed by atoms with van der Waals surface area (Å²) < 4.78 is 0. The van der Waals surface area contributed by atoms with Crippen LogP contribution in [0, 0.1) is 23.7 Å². The molecular weight excluding hydrogens is 907 g/mol. The maximum absolute atomic E-state index is 14.2. The highest BCUT2D eigenvalue weighted by molar-refractivity contribution is 5.97. The minimum atomic E-state index is -1.30. The Bertz CT molecular complexity index is 1900. The molecule has 1 aromatic carbocycles. The molecule has 1 rings (SSSR count). The third-order valence-electron chi connectivity index (χ3n) is 11.3. The fourth-order valence-electron chi connectivity index (χ4n) is 7.12. The van der Waals surface area contributed by atoms with Crippen molar-refractivity contribution in [2.75, 3.05) is 26.2 Å². The number of nitrogens with one attached hydrogen (secondary N) is 8. The summed E-state index contributed by atoms with van der Waals surface area (Å²) in [6.07, 6.45) is 1.82. The van der Waals surface area contributed by atoms with Gasteiger partial charge in [-0.1, -0.05) is 92.1 Å². The van der Waals surface area contributed by atoms with Crippen LogP contribution in [0.4, 0.5) is 0 Å². The Labute approximate surface area is 411 Å². The Balaban J connectivity index is 3.33. The van der Waals surface area contributed by atoms with Crippen molar-refractivity contribution < 1.29 is 48.3 Å². The average molecular weight is 988 g/mol. The lowest BCUT2D eigenvalue weighted by Gasteiger charge is -2.30. The molecule has 0 saturated carbocycles. The van der Waals surface area contributed by atoms with Crippen molar-refractivity contribution in [1.82, 2.24) is 42.5 Å². The van der Waals surface area contributed by atoms with Gasteiger partial charge in [-0.2, -0.15) is 0 Å². The highest BCUT2D eigenvalue weighted by Crippen LogP contribution is 2.14. The van der Waals surface area contributed by atoms with Gasteiger partial charge in [0.25, 0.3) is 0 Å². The molecule has 8 amide bonds. The number of aliphatic imine (C=N–C) groups is 1. The first kappa shape index (κ1) is 61.7. The summed E-state index contributed by atoms with van der Waals surface area (Å²) in [7, 11) is 0. The van der Waals surface area contributed by atoms with Crippen molar-refractivity contribution in [3.05, 3.63) is 35.9 Å². The van der Waals surface area contributed by atoms with Crippen molar-refractivity contribution in [3.8, 4) is 0 Å². The van der Waals surface area contributed by atoms with Crippen LogP contribution < -0.4 is 65.5 Å². The van der Waals surface area contributed by atoms with E-state index < -0.39 is 120 Å². The molecular formula is C47H81N13O10. The van der Waals surface area contributed by atoms with E-state index in [1.54, 1.807) is 71.9 Å². The maximum Gasteiger partial charge on any atom is 0.326 e. The third-order valence-corrected chi connectivity index (χ3v) is 11.3. The van der Waals surface area contributed by atoms with E-state index >= 15 is 0 Å². The van der Waals surface area contributed by atoms with Crippen LogP contribution in [0.1, 0.15) is 106 Å². The van der Waals surface area contributed by atoms with Gasteiger partial charge in [-0.15, -0.1) is 0 Å². The molecule has 0 fully saturated rings. The predicted octanol–water partition coefficient (Wildman–Crippen LogP) is -1.63. The Hall–Kier alpha value is -6.36. The Morgan fingerprint density at radius 2 is 1.09 bits per heavy atom. The smallest absolute Gasteiger partial charge is 0.326 e. The van der Waals surface area contributed by atoms with Crippen LogP contribution >= 0.6 is 0 Å². The van der Waals surface area contributed by atoms with Gasteiger partial charge < -0.3 is 70.6 Å². The van der Waals surface area contributed by atoms with Crippen molar-refractivity contribution in [2.45, 2.75) is 149 Å². The monoisotopic (exact) mass is 988 g/mol. The number of rotatable bonds is 33. The molecule has 23 heteroatoms. The van der Waals surface area contributed by atoms with Gasteiger partial charge in [0.2, 0.25) is 47.3 Å². The zero-order valence-corrected chi connectivity index (χ0v) is 42.1. The van der Waals surface area contributed by atoms with Gasteiger partial charge in [0.15, 0.2) is 5.96 Å². The molecule has 1 aromatic rings. The van der Waals surface area contributed by atoms with E-state index in [2.05, 4.69) is 47.5 Å². The number of carboxylic acids is 1. The summed E-state index contributed by atoms with van der Waals surface area (Å²) in [6.45, 7) is 13.4. The molecule has 0 aliphatic rings. The molecule has 0 aliphatic heterocycles. The number of carboxylic acid groups (broad SMARTS) is 1. The van der Waals surface area contributed by atoms with E-state index in [9.17, 15) is 48.3 Å². The van der Waals surface area contributed by atoms with Gasteiger partial charge in [-0.25, -0.2) is 4.79 Å². The Morgan fingerprint density at radius 3 is 1.63 bits per heavy atom. The predicted molar refractivity (Wildman–Crippen MR) is 265 cm³/mol. The van der Waals surface area contributed by atoms with Crippen molar-refractivity contribution in [3.63, 3.8) is 0 Å². The minimum Gasteiger partial charge on any atom is -0.480 e. The van der Waals surface area contributed by atoms with Gasteiger partial charge >= 0.3 is 5.97 Å². The second-order valence-corrected chi connectivity index (χ2v) is 18.5. The van der Waals surface area contributed by atoms with Crippen LogP contribution in [0.25, 0.3) is 0 Å². The summed E-state index contributed by atoms with van der Waals surface area (Å²) in [5.41, 5.74) is 22.9. The van der Waals surface area contributed by atoms with Crippen LogP contribution in [0.2, 0.25) is 0 Å². The number of guanidine groups is 1. The van der Waals surface area contributed by atoms with Crippen molar-refractivity contribution >= 4 is 59.2 Å². The number of nitrogens with two attached hydrogens (primary N) is 4. The standard InChI is InChI=1S/C47H81N13O10/c1-9-29(8)39(45(68)59-38(28(6)7)44(67)57-34(46(69)70)23-30-16-11-10-12-17-30)60-41(64)32(19-15-21-52-47(50)51)56-40(63)31(18-13-14-20-48)54-36(62)25-53-43(66)37(27(4)5)58-42(65)33(22-26(2)3)55-35(61)24-49/h10-12,16-17,26-29,31-34,37-39H,9,13-15,18-25,48-49H2,1-8H3,(H,53,66)(H,54,62)(H,55,61)(H,56,63)(H,57,67)(H,58,65)(H,59,68)(H,60,64)(H,69,70)(H4,50,51,52)/t29-,31-,32+,33+,34-,37+,38-,39-/m0/s1. The lowest BCUT2D eigenvalue weighted by molar-refractivity contribution is -0.142. The molecule has 0 bridgehead atoms. The third kappa shape index (κ3) is 23.3. The second kappa shape index (κ2) is 32.5. The first-order valence-corrected chi connectivity index (χ1v) is 24.1. The summed E-state index contributed by atoms with van der Waals surface area (Å²) in [5, 5.41) is 30.9. The summed E-state index contributed by atoms with van der Waals surface area (Å²) in [4.78, 5) is 124. The van der Waals surface area contributed by atoms with E-state index in [0.717, 1.165) is 0 Å². The van der Waals surface area contributed by atoms with E-state index in [1.807, 2.05) is 13.8 Å². The van der Waals surface area contributed by atoms with Crippen molar-refractivity contribution in [1.29, 1.82) is 0 Å². The van der Waals surface area contributed by atoms with Crippen LogP contribution in [-0.2, 0) is 49.6 Å². The molecule has 0 heterocycles. The Kier molecular flexibility index (Phi) is 28.6. The number of benzene rings is 1. The quantitative estimate of drug-likeness (QED) is 0.0214. The van der Waals surface area contributed by atoms with E-state index in [0.29, 0.717) is 24.8 Å². The average Bonchev–Trinajstić information content (AvgIpc) is 3.30. The highest BCUT2D eigenvalue weighted by Gasteiger charge is 2.36. The van der Waals surface area contributed by atoms with E-state index in [4.69, 9.17) is 22.9 Å². The molecule has 70 heavy (non-hydrogen) atoms. The highest BCUT2D eigenvalue weighted by atomic mass is 16.4. The molecule has 0 spiro atoms. The van der Waals surface area contributed by atoms with Gasteiger partial charge in [0.05, 0.1) is 13.1 Å². The van der Waals surface area contributed by atoms with Crippen LogP contribution in [0.5, 0.6) is 0 Å².